The number of aromatic nitrogens is 3. The number of alkyl halides is 6. The van der Waals surface area contributed by atoms with Crippen molar-refractivity contribution in [2.24, 2.45) is 0 Å². The number of nitrogens with zero attached hydrogens (tertiary/aromatic N) is 4. The van der Waals surface area contributed by atoms with Gasteiger partial charge in [-0.1, -0.05) is 17.3 Å². The van der Waals surface area contributed by atoms with Gasteiger partial charge in [-0.05, 0) is 49.4 Å². The Balaban J connectivity index is 1.72. The van der Waals surface area contributed by atoms with Gasteiger partial charge in [-0.15, -0.1) is 0 Å². The van der Waals surface area contributed by atoms with Crippen LogP contribution in [-0.4, -0.2) is 40.4 Å². The largest absolute Gasteiger partial charge is 0.433 e. The highest BCUT2D eigenvalue weighted by atomic mass is 32.2. The van der Waals surface area contributed by atoms with Crippen LogP contribution in [0.15, 0.2) is 64.0 Å². The Morgan fingerprint density at radius 3 is 2.29 bits per heavy atom. The zero-order valence-electron chi connectivity index (χ0n) is 21.2. The molecule has 42 heavy (non-hydrogen) atoms. The minimum Gasteiger partial charge on any atom is -0.393 e. The molecule has 2 aromatic heterocycles. The third kappa shape index (κ3) is 5.25. The minimum absolute atomic E-state index is 0.0117. The lowest BCUT2D eigenvalue weighted by atomic mass is 10.1. The Bertz CT molecular complexity index is 1750. The summed E-state index contributed by atoms with van der Waals surface area (Å²) in [5.41, 5.74) is -4.59. The number of fused-ring (bicyclic) bond motifs is 2. The standard InChI is InChI=1S/C25H19F6N5O5S/c1-23(38,12-37)22-34-21(35-41-22)16-3-2-4-17-19(16)36(11-13-5-10-18(25(29,30)31)33-20(13)32-17)42(39,40)15-8-6-14(7-9-15)24(26,27)28/h2-10,37-38H,11-12H2,1H3,(H,32,33). The topological polar surface area (TPSA) is 142 Å². The number of para-hydroxylation sites is 1. The number of anilines is 3. The van der Waals surface area contributed by atoms with E-state index in [4.69, 9.17) is 4.52 Å². The second kappa shape index (κ2) is 9.95. The predicted octanol–water partition coefficient (Wildman–Crippen LogP) is 4.82. The number of hydrogen-bond acceptors (Lipinski definition) is 9. The van der Waals surface area contributed by atoms with Crippen molar-refractivity contribution in [3.63, 3.8) is 0 Å². The van der Waals surface area contributed by atoms with Crippen molar-refractivity contribution in [3.8, 4) is 11.4 Å². The van der Waals surface area contributed by atoms with E-state index in [-0.39, 0.29) is 34.1 Å². The molecule has 2 aromatic carbocycles. The third-order valence-electron chi connectivity index (χ3n) is 6.33. The number of halogens is 6. The molecule has 0 fully saturated rings. The van der Waals surface area contributed by atoms with Crippen molar-refractivity contribution in [1.29, 1.82) is 0 Å². The number of hydrogen-bond donors (Lipinski definition) is 3. The van der Waals surface area contributed by atoms with Crippen LogP contribution in [0.25, 0.3) is 11.4 Å². The molecule has 1 aliphatic heterocycles. The van der Waals surface area contributed by atoms with Crippen molar-refractivity contribution < 1.29 is 49.5 Å². The van der Waals surface area contributed by atoms with Crippen LogP contribution in [-0.2, 0) is 34.5 Å². The lowest BCUT2D eigenvalue weighted by molar-refractivity contribution is -0.141. The van der Waals surface area contributed by atoms with Crippen LogP contribution >= 0.6 is 0 Å². The molecule has 0 spiro atoms. The van der Waals surface area contributed by atoms with E-state index in [1.807, 2.05) is 0 Å². The summed E-state index contributed by atoms with van der Waals surface area (Å²) in [5.74, 6) is -0.999. The number of aliphatic hydroxyl groups excluding tert-OH is 1. The molecule has 0 amide bonds. The zero-order chi connectivity index (χ0) is 30.7. The number of pyridine rings is 1. The van der Waals surface area contributed by atoms with E-state index in [9.17, 15) is 45.0 Å². The lowest BCUT2D eigenvalue weighted by Crippen LogP contribution is -2.31. The highest BCUT2D eigenvalue weighted by Gasteiger charge is 2.38. The molecule has 4 aromatic rings. The summed E-state index contributed by atoms with van der Waals surface area (Å²) in [5, 5.41) is 26.2. The maximum absolute atomic E-state index is 14.0. The normalized spacial score (nSPS) is 15.3. The van der Waals surface area contributed by atoms with Crippen LogP contribution in [0.2, 0.25) is 0 Å². The quantitative estimate of drug-likeness (QED) is 0.270. The number of sulfonamides is 1. The average Bonchev–Trinajstić information content (AvgIpc) is 3.36. The van der Waals surface area contributed by atoms with Gasteiger partial charge in [-0.3, -0.25) is 4.31 Å². The molecule has 0 radical (unpaired) electrons. The number of nitrogens with one attached hydrogen (secondary N) is 1. The molecule has 0 saturated carbocycles. The summed E-state index contributed by atoms with van der Waals surface area (Å²) in [4.78, 5) is 7.14. The number of aliphatic hydroxyl groups is 2. The Morgan fingerprint density at radius 1 is 0.976 bits per heavy atom. The van der Waals surface area contributed by atoms with E-state index in [0.717, 1.165) is 22.5 Å². The van der Waals surface area contributed by atoms with Crippen molar-refractivity contribution in [3.05, 3.63) is 77.3 Å². The first-order valence-electron chi connectivity index (χ1n) is 11.9. The highest BCUT2D eigenvalue weighted by Crippen LogP contribution is 2.45. The van der Waals surface area contributed by atoms with Gasteiger partial charge in [0.05, 0.1) is 35.0 Å². The summed E-state index contributed by atoms with van der Waals surface area (Å²) < 4.78 is 114. The Morgan fingerprint density at radius 2 is 1.67 bits per heavy atom. The van der Waals surface area contributed by atoms with E-state index < -0.39 is 63.2 Å². The smallest absolute Gasteiger partial charge is 0.393 e. The minimum atomic E-state index is -4.82. The Hall–Kier alpha value is -4.22. The number of benzene rings is 2. The monoisotopic (exact) mass is 615 g/mol. The van der Waals surface area contributed by atoms with Crippen molar-refractivity contribution >= 4 is 27.2 Å². The fourth-order valence-corrected chi connectivity index (χ4v) is 5.58. The first-order valence-corrected chi connectivity index (χ1v) is 13.3. The highest BCUT2D eigenvalue weighted by molar-refractivity contribution is 7.92. The summed E-state index contributed by atoms with van der Waals surface area (Å²) >= 11 is 0. The van der Waals surface area contributed by atoms with Gasteiger partial charge in [-0.2, -0.15) is 31.3 Å². The van der Waals surface area contributed by atoms with E-state index in [2.05, 4.69) is 20.4 Å². The molecule has 0 bridgehead atoms. The van der Waals surface area contributed by atoms with E-state index in [1.165, 1.54) is 25.1 Å². The first-order chi connectivity index (χ1) is 19.5. The number of rotatable bonds is 5. The SMILES string of the molecule is CC(O)(CO)c1nc(-c2cccc3c2N(S(=O)(=O)c2ccc(C(F)(F)F)cc2)Cc2ccc(C(F)(F)F)nc2N3)no1. The molecule has 3 heterocycles. The van der Waals surface area contributed by atoms with Gasteiger partial charge in [0.2, 0.25) is 5.82 Å². The molecule has 10 nitrogen and oxygen atoms in total. The van der Waals surface area contributed by atoms with Gasteiger partial charge >= 0.3 is 12.4 Å². The molecule has 1 atom stereocenters. The summed E-state index contributed by atoms with van der Waals surface area (Å²) in [6.07, 6.45) is -9.55. The third-order valence-corrected chi connectivity index (χ3v) is 8.09. The van der Waals surface area contributed by atoms with Crippen LogP contribution in [0.1, 0.15) is 29.6 Å². The van der Waals surface area contributed by atoms with Crippen molar-refractivity contribution in [1.82, 2.24) is 15.1 Å². The lowest BCUT2D eigenvalue weighted by Gasteiger charge is -2.26. The molecule has 1 unspecified atom stereocenters. The van der Waals surface area contributed by atoms with Crippen LogP contribution in [0.5, 0.6) is 0 Å². The molecular weight excluding hydrogens is 596 g/mol. The van der Waals surface area contributed by atoms with Crippen LogP contribution in [0.4, 0.5) is 43.5 Å². The predicted molar refractivity (Wildman–Crippen MR) is 134 cm³/mol. The van der Waals surface area contributed by atoms with Crippen LogP contribution in [0.3, 0.4) is 0 Å². The van der Waals surface area contributed by atoms with Gasteiger partial charge < -0.3 is 20.1 Å². The van der Waals surface area contributed by atoms with E-state index in [1.54, 1.807) is 0 Å². The van der Waals surface area contributed by atoms with Gasteiger partial charge in [0, 0.05) is 11.1 Å². The van der Waals surface area contributed by atoms with Crippen molar-refractivity contribution in [2.45, 2.75) is 36.3 Å². The molecule has 0 saturated heterocycles. The van der Waals surface area contributed by atoms with Crippen LogP contribution in [0, 0.1) is 0 Å². The van der Waals surface area contributed by atoms with Crippen LogP contribution < -0.4 is 9.62 Å². The molecule has 5 rings (SSSR count). The van der Waals surface area contributed by atoms with Crippen molar-refractivity contribution in [2.75, 3.05) is 16.2 Å². The fraction of sp³-hybridized carbons (Fsp3) is 0.240. The molecule has 1 aliphatic rings. The van der Waals surface area contributed by atoms with E-state index in [0.29, 0.717) is 18.2 Å². The summed E-state index contributed by atoms with van der Waals surface area (Å²) in [6.45, 7) is -0.223. The fourth-order valence-electron chi connectivity index (χ4n) is 4.10. The van der Waals surface area contributed by atoms with Gasteiger partial charge in [0.1, 0.15) is 11.5 Å². The maximum atomic E-state index is 14.0. The zero-order valence-corrected chi connectivity index (χ0v) is 22.0. The molecular formula is C25H19F6N5O5S. The molecule has 222 valence electrons. The Kier molecular flexibility index (Phi) is 6.94. The van der Waals surface area contributed by atoms with Gasteiger partial charge in [0.25, 0.3) is 15.9 Å². The van der Waals surface area contributed by atoms with E-state index >= 15 is 0 Å². The second-order valence-electron chi connectivity index (χ2n) is 9.42. The molecule has 3 N–H and O–H groups in total. The molecule has 0 aliphatic carbocycles. The Labute approximate surface area is 233 Å². The van der Waals surface area contributed by atoms with Gasteiger partial charge in [0.15, 0.2) is 5.60 Å². The molecule has 17 heteroatoms. The first kappa shape index (κ1) is 29.3. The summed E-state index contributed by atoms with van der Waals surface area (Å²) in [6, 6.07) is 8.51. The average molecular weight is 616 g/mol. The summed E-state index contributed by atoms with van der Waals surface area (Å²) in [7, 11) is -4.70. The maximum Gasteiger partial charge on any atom is 0.433 e. The second-order valence-corrected chi connectivity index (χ2v) is 11.3. The van der Waals surface area contributed by atoms with Gasteiger partial charge in [-0.25, -0.2) is 13.4 Å².